The van der Waals surface area contributed by atoms with Gasteiger partial charge in [0.15, 0.2) is 5.78 Å². The molecule has 4 heteroatoms. The van der Waals surface area contributed by atoms with Crippen molar-refractivity contribution in [2.75, 3.05) is 12.3 Å². The quantitative estimate of drug-likeness (QED) is 0.385. The van der Waals surface area contributed by atoms with Gasteiger partial charge in [-0.1, -0.05) is 48.0 Å². The molecule has 140 valence electrons. The molecule has 0 atom stereocenters. The van der Waals surface area contributed by atoms with E-state index in [1.165, 1.54) is 36.6 Å². The van der Waals surface area contributed by atoms with Gasteiger partial charge in [-0.2, -0.15) is 0 Å². The van der Waals surface area contributed by atoms with Gasteiger partial charge in [-0.25, -0.2) is 0 Å². The molecule has 27 heavy (non-hydrogen) atoms. The van der Waals surface area contributed by atoms with Gasteiger partial charge in [0.05, 0.1) is 5.75 Å². The fourth-order valence-corrected chi connectivity index (χ4v) is 4.00. The van der Waals surface area contributed by atoms with Crippen LogP contribution in [0.3, 0.4) is 0 Å². The van der Waals surface area contributed by atoms with Gasteiger partial charge >= 0.3 is 0 Å². The van der Waals surface area contributed by atoms with Gasteiger partial charge in [-0.3, -0.25) is 9.59 Å². The molecule has 1 aliphatic rings. The van der Waals surface area contributed by atoms with Crippen LogP contribution in [0.1, 0.15) is 52.8 Å². The van der Waals surface area contributed by atoms with Gasteiger partial charge < -0.3 is 5.32 Å². The first-order valence-electron chi connectivity index (χ1n) is 9.49. The lowest BCUT2D eigenvalue weighted by Gasteiger charge is -2.13. The summed E-state index contributed by atoms with van der Waals surface area (Å²) in [5.74, 6) is 0.405. The SMILES string of the molecule is O=C(CSc1cccc(C(=O)NCCC2=CCCCC2)c1)c1ccccc1. The number of ketones is 1. The Labute approximate surface area is 165 Å². The maximum Gasteiger partial charge on any atom is 0.251 e. The molecule has 0 fully saturated rings. The van der Waals surface area contributed by atoms with Crippen LogP contribution in [0.15, 0.2) is 71.1 Å². The van der Waals surface area contributed by atoms with Crippen molar-refractivity contribution in [1.29, 1.82) is 0 Å². The summed E-state index contributed by atoms with van der Waals surface area (Å²) in [6.07, 6.45) is 8.14. The number of nitrogens with one attached hydrogen (secondary N) is 1. The number of allylic oxidation sites excluding steroid dienone is 1. The minimum atomic E-state index is -0.0526. The Morgan fingerprint density at radius 2 is 1.78 bits per heavy atom. The highest BCUT2D eigenvalue weighted by Crippen LogP contribution is 2.21. The number of Topliss-reactive ketones (excluding diaryl/α,β-unsaturated/α-hetero) is 1. The summed E-state index contributed by atoms with van der Waals surface area (Å²) < 4.78 is 0. The van der Waals surface area contributed by atoms with Crippen molar-refractivity contribution in [1.82, 2.24) is 5.32 Å². The van der Waals surface area contributed by atoms with Crippen LogP contribution in [-0.2, 0) is 0 Å². The van der Waals surface area contributed by atoms with E-state index >= 15 is 0 Å². The molecular weight excluding hydrogens is 354 g/mol. The van der Waals surface area contributed by atoms with Crippen molar-refractivity contribution in [3.8, 4) is 0 Å². The van der Waals surface area contributed by atoms with Crippen LogP contribution in [0, 0.1) is 0 Å². The lowest BCUT2D eigenvalue weighted by Crippen LogP contribution is -2.24. The third-order valence-corrected chi connectivity index (χ3v) is 5.67. The van der Waals surface area contributed by atoms with Crippen LogP contribution < -0.4 is 5.32 Å². The van der Waals surface area contributed by atoms with Crippen LogP contribution >= 0.6 is 11.8 Å². The van der Waals surface area contributed by atoms with Crippen molar-refractivity contribution < 1.29 is 9.59 Å². The van der Waals surface area contributed by atoms with E-state index < -0.39 is 0 Å². The van der Waals surface area contributed by atoms with E-state index in [4.69, 9.17) is 0 Å². The average Bonchev–Trinajstić information content (AvgIpc) is 2.73. The third-order valence-electron chi connectivity index (χ3n) is 4.68. The Hall–Kier alpha value is -2.33. The highest BCUT2D eigenvalue weighted by molar-refractivity contribution is 8.00. The first kappa shape index (κ1) is 19.4. The predicted octanol–water partition coefficient (Wildman–Crippen LogP) is 5.28. The standard InChI is InChI=1S/C23H25NO2S/c25-22(19-10-5-2-6-11-19)17-27-21-13-7-12-20(16-21)23(26)24-15-14-18-8-3-1-4-9-18/h2,5-8,10-13,16H,1,3-4,9,14-15,17H2,(H,24,26). The molecule has 0 unspecified atom stereocenters. The lowest BCUT2D eigenvalue weighted by molar-refractivity contribution is 0.0953. The van der Waals surface area contributed by atoms with Crippen LogP contribution in [0.4, 0.5) is 0 Å². The fourth-order valence-electron chi connectivity index (χ4n) is 3.15. The average molecular weight is 380 g/mol. The minimum absolute atomic E-state index is 0.0526. The molecule has 1 amide bonds. The number of hydrogen-bond donors (Lipinski definition) is 1. The predicted molar refractivity (Wildman–Crippen MR) is 111 cm³/mol. The summed E-state index contributed by atoms with van der Waals surface area (Å²) in [6, 6.07) is 16.8. The van der Waals surface area contributed by atoms with E-state index in [1.807, 2.05) is 54.6 Å². The Kier molecular flexibility index (Phi) is 7.28. The van der Waals surface area contributed by atoms with E-state index in [1.54, 1.807) is 0 Å². The zero-order valence-corrected chi connectivity index (χ0v) is 16.3. The normalized spacial score (nSPS) is 13.7. The van der Waals surface area contributed by atoms with Crippen molar-refractivity contribution in [2.24, 2.45) is 0 Å². The molecule has 0 aromatic heterocycles. The number of benzene rings is 2. The molecule has 0 radical (unpaired) electrons. The zero-order valence-electron chi connectivity index (χ0n) is 15.4. The molecule has 3 nitrogen and oxygen atoms in total. The Morgan fingerprint density at radius 3 is 2.56 bits per heavy atom. The van der Waals surface area contributed by atoms with Crippen molar-refractivity contribution in [2.45, 2.75) is 37.0 Å². The molecule has 2 aromatic rings. The van der Waals surface area contributed by atoms with E-state index in [-0.39, 0.29) is 11.7 Å². The topological polar surface area (TPSA) is 46.2 Å². The number of carbonyl (C=O) groups excluding carboxylic acids is 2. The molecular formula is C23H25NO2S. The second-order valence-electron chi connectivity index (χ2n) is 6.72. The molecule has 0 heterocycles. The highest BCUT2D eigenvalue weighted by atomic mass is 32.2. The van der Waals surface area contributed by atoms with E-state index in [0.717, 1.165) is 23.3 Å². The van der Waals surface area contributed by atoms with Crippen LogP contribution in [0.5, 0.6) is 0 Å². The fraction of sp³-hybridized carbons (Fsp3) is 0.304. The summed E-state index contributed by atoms with van der Waals surface area (Å²) in [5, 5.41) is 3.01. The molecule has 0 spiro atoms. The van der Waals surface area contributed by atoms with Gasteiger partial charge in [0.2, 0.25) is 0 Å². The maximum absolute atomic E-state index is 12.4. The van der Waals surface area contributed by atoms with Crippen LogP contribution in [-0.4, -0.2) is 24.0 Å². The molecule has 0 aliphatic heterocycles. The van der Waals surface area contributed by atoms with E-state index in [0.29, 0.717) is 17.9 Å². The Balaban J connectivity index is 1.49. The molecule has 1 N–H and O–H groups in total. The second-order valence-corrected chi connectivity index (χ2v) is 7.77. The Bertz CT molecular complexity index is 814. The summed E-state index contributed by atoms with van der Waals surface area (Å²) >= 11 is 1.46. The number of amides is 1. The number of hydrogen-bond acceptors (Lipinski definition) is 3. The van der Waals surface area contributed by atoms with Crippen LogP contribution in [0.25, 0.3) is 0 Å². The smallest absolute Gasteiger partial charge is 0.251 e. The van der Waals surface area contributed by atoms with Crippen molar-refractivity contribution >= 4 is 23.5 Å². The van der Waals surface area contributed by atoms with Crippen molar-refractivity contribution in [3.05, 3.63) is 77.4 Å². The zero-order chi connectivity index (χ0) is 18.9. The first-order valence-corrected chi connectivity index (χ1v) is 10.5. The monoisotopic (exact) mass is 379 g/mol. The molecule has 0 saturated heterocycles. The number of carbonyl (C=O) groups is 2. The van der Waals surface area contributed by atoms with E-state index in [2.05, 4.69) is 11.4 Å². The largest absolute Gasteiger partial charge is 0.352 e. The number of rotatable bonds is 8. The summed E-state index contributed by atoms with van der Waals surface area (Å²) in [7, 11) is 0. The third kappa shape index (κ3) is 6.10. The maximum atomic E-state index is 12.4. The molecule has 3 rings (SSSR count). The van der Waals surface area contributed by atoms with Gasteiger partial charge in [0.1, 0.15) is 0 Å². The molecule has 0 saturated carbocycles. The lowest BCUT2D eigenvalue weighted by atomic mass is 9.97. The molecule has 0 bridgehead atoms. The number of thioether (sulfide) groups is 1. The summed E-state index contributed by atoms with van der Waals surface area (Å²) in [5.41, 5.74) is 2.82. The molecule has 1 aliphatic carbocycles. The van der Waals surface area contributed by atoms with Gasteiger partial charge in [0, 0.05) is 22.6 Å². The molecule has 2 aromatic carbocycles. The Morgan fingerprint density at radius 1 is 0.963 bits per heavy atom. The summed E-state index contributed by atoms with van der Waals surface area (Å²) in [6.45, 7) is 0.675. The van der Waals surface area contributed by atoms with Crippen LogP contribution in [0.2, 0.25) is 0 Å². The second kappa shape index (κ2) is 10.1. The highest BCUT2D eigenvalue weighted by Gasteiger charge is 2.10. The van der Waals surface area contributed by atoms with E-state index in [9.17, 15) is 9.59 Å². The first-order chi connectivity index (χ1) is 13.2. The van der Waals surface area contributed by atoms with Gasteiger partial charge in [-0.05, 0) is 50.3 Å². The minimum Gasteiger partial charge on any atom is -0.352 e. The van der Waals surface area contributed by atoms with Gasteiger partial charge in [-0.15, -0.1) is 11.8 Å². The van der Waals surface area contributed by atoms with Gasteiger partial charge in [0.25, 0.3) is 5.91 Å². The summed E-state index contributed by atoms with van der Waals surface area (Å²) in [4.78, 5) is 25.5. The van der Waals surface area contributed by atoms with Crippen molar-refractivity contribution in [3.63, 3.8) is 0 Å².